The lowest BCUT2D eigenvalue weighted by atomic mass is 10.1. The number of thioether (sulfide) groups is 1. The van der Waals surface area contributed by atoms with Crippen molar-refractivity contribution in [2.75, 3.05) is 5.75 Å². The zero-order valence-corrected chi connectivity index (χ0v) is 8.71. The summed E-state index contributed by atoms with van der Waals surface area (Å²) in [6.07, 6.45) is 0.528. The molecule has 1 fully saturated rings. The van der Waals surface area contributed by atoms with E-state index in [1.54, 1.807) is 11.8 Å². The van der Waals surface area contributed by atoms with Crippen molar-refractivity contribution in [3.63, 3.8) is 0 Å². The van der Waals surface area contributed by atoms with Gasteiger partial charge in [0.1, 0.15) is 0 Å². The first-order valence-electron chi connectivity index (χ1n) is 3.86. The van der Waals surface area contributed by atoms with Crippen LogP contribution in [0.1, 0.15) is 13.3 Å². The van der Waals surface area contributed by atoms with Gasteiger partial charge in [0.15, 0.2) is 0 Å². The second-order valence-electron chi connectivity index (χ2n) is 2.96. The normalized spacial score (nSPS) is 39.4. The Hall–Kier alpha value is 0.460. The van der Waals surface area contributed by atoms with Gasteiger partial charge in [0.25, 0.3) is 0 Å². The Labute approximate surface area is 76.8 Å². The van der Waals surface area contributed by atoms with E-state index in [0.717, 1.165) is 5.75 Å². The molecule has 4 unspecified atom stereocenters. The van der Waals surface area contributed by atoms with E-state index < -0.39 is 8.25 Å². The first kappa shape index (κ1) is 10.5. The zero-order valence-electron chi connectivity index (χ0n) is 6.90. The average Bonchev–Trinajstić information content (AvgIpc) is 1.96. The van der Waals surface area contributed by atoms with Gasteiger partial charge >= 0.3 is 8.25 Å². The summed E-state index contributed by atoms with van der Waals surface area (Å²) in [5.74, 6) is 0.910. The van der Waals surface area contributed by atoms with Gasteiger partial charge < -0.3 is 15.2 Å². The molecular formula is C6H14NO3PS. The van der Waals surface area contributed by atoms with E-state index in [9.17, 15) is 4.57 Å². The molecule has 3 N–H and O–H groups in total. The van der Waals surface area contributed by atoms with E-state index in [-0.39, 0.29) is 17.4 Å². The van der Waals surface area contributed by atoms with Crippen molar-refractivity contribution in [3.8, 4) is 0 Å². The molecule has 0 aliphatic carbocycles. The van der Waals surface area contributed by atoms with E-state index in [2.05, 4.69) is 0 Å². The molecule has 4 nitrogen and oxygen atoms in total. The second-order valence-corrected chi connectivity index (χ2v) is 5.13. The van der Waals surface area contributed by atoms with Crippen molar-refractivity contribution in [1.29, 1.82) is 0 Å². The van der Waals surface area contributed by atoms with E-state index in [1.807, 2.05) is 6.92 Å². The minimum absolute atomic E-state index is 0.0950. The molecule has 0 aromatic rings. The smallest absolute Gasteiger partial charge is 0.316 e. The van der Waals surface area contributed by atoms with E-state index in [1.165, 1.54) is 0 Å². The maximum atomic E-state index is 10.4. The molecule has 1 heterocycles. The van der Waals surface area contributed by atoms with Crippen molar-refractivity contribution in [2.45, 2.75) is 30.7 Å². The third-order valence-corrected chi connectivity index (χ3v) is 3.84. The highest BCUT2D eigenvalue weighted by molar-refractivity contribution is 8.00. The largest absolute Gasteiger partial charge is 0.327 e. The molecule has 1 saturated heterocycles. The fourth-order valence-electron chi connectivity index (χ4n) is 1.21. The minimum atomic E-state index is -2.81. The Morgan fingerprint density at radius 1 is 1.75 bits per heavy atom. The highest BCUT2D eigenvalue weighted by Gasteiger charge is 2.27. The predicted octanol–water partition coefficient (Wildman–Crippen LogP) is 0.606. The van der Waals surface area contributed by atoms with Crippen molar-refractivity contribution in [1.82, 2.24) is 0 Å². The fourth-order valence-corrected chi connectivity index (χ4v) is 2.94. The van der Waals surface area contributed by atoms with Crippen LogP contribution in [-0.4, -0.2) is 28.0 Å². The lowest BCUT2D eigenvalue weighted by Gasteiger charge is -2.30. The summed E-state index contributed by atoms with van der Waals surface area (Å²) in [4.78, 5) is 8.58. The topological polar surface area (TPSA) is 72.5 Å². The third kappa shape index (κ3) is 3.07. The second kappa shape index (κ2) is 4.63. The Balaban J connectivity index is 2.43. The Bertz CT molecular complexity index is 180. The standard InChI is InChI=1S/C6H14NO3PS/c1-4-6(10-11(8)9)2-5(7)3-12-4/h4-6,11H,2-3,7H2,1H3,(H,8,9). The van der Waals surface area contributed by atoms with E-state index >= 15 is 0 Å². The lowest BCUT2D eigenvalue weighted by Crippen LogP contribution is -2.39. The van der Waals surface area contributed by atoms with Crippen LogP contribution < -0.4 is 5.73 Å². The van der Waals surface area contributed by atoms with Crippen molar-refractivity contribution < 1.29 is 14.0 Å². The van der Waals surface area contributed by atoms with Crippen LogP contribution in [0, 0.1) is 0 Å². The van der Waals surface area contributed by atoms with Crippen LogP contribution in [-0.2, 0) is 9.09 Å². The van der Waals surface area contributed by atoms with Crippen LogP contribution in [0.4, 0.5) is 0 Å². The maximum Gasteiger partial charge on any atom is 0.316 e. The Morgan fingerprint density at radius 2 is 2.42 bits per heavy atom. The predicted molar refractivity (Wildman–Crippen MR) is 50.6 cm³/mol. The van der Waals surface area contributed by atoms with Crippen molar-refractivity contribution in [3.05, 3.63) is 0 Å². The Morgan fingerprint density at radius 3 is 3.00 bits per heavy atom. The molecule has 0 aromatic carbocycles. The van der Waals surface area contributed by atoms with Gasteiger partial charge in [-0.3, -0.25) is 4.57 Å². The van der Waals surface area contributed by atoms with Crippen molar-refractivity contribution >= 4 is 20.0 Å². The molecule has 4 atom stereocenters. The fraction of sp³-hybridized carbons (Fsp3) is 1.00. The average molecular weight is 211 g/mol. The molecule has 1 rings (SSSR count). The summed E-state index contributed by atoms with van der Waals surface area (Å²) < 4.78 is 15.3. The van der Waals surface area contributed by atoms with Crippen LogP contribution in [0.25, 0.3) is 0 Å². The Kier molecular flexibility index (Phi) is 4.06. The zero-order chi connectivity index (χ0) is 9.14. The van der Waals surface area contributed by atoms with Gasteiger partial charge in [0, 0.05) is 17.0 Å². The van der Waals surface area contributed by atoms with Gasteiger partial charge in [-0.1, -0.05) is 6.92 Å². The van der Waals surface area contributed by atoms with Crippen LogP contribution in [0.5, 0.6) is 0 Å². The molecule has 12 heavy (non-hydrogen) atoms. The molecule has 0 spiro atoms. The highest BCUT2D eigenvalue weighted by Crippen LogP contribution is 2.32. The molecule has 1 aliphatic heterocycles. The first-order chi connectivity index (χ1) is 5.59. The first-order valence-corrected chi connectivity index (χ1v) is 6.17. The highest BCUT2D eigenvalue weighted by atomic mass is 32.2. The molecule has 1 aliphatic rings. The van der Waals surface area contributed by atoms with Gasteiger partial charge in [-0.25, -0.2) is 0 Å². The van der Waals surface area contributed by atoms with Crippen molar-refractivity contribution in [2.24, 2.45) is 5.73 Å². The van der Waals surface area contributed by atoms with Crippen LogP contribution >= 0.6 is 20.0 Å². The molecule has 0 bridgehead atoms. The molecule has 0 radical (unpaired) electrons. The molecular weight excluding hydrogens is 197 g/mol. The van der Waals surface area contributed by atoms with Crippen LogP contribution in [0.3, 0.4) is 0 Å². The summed E-state index contributed by atoms with van der Waals surface area (Å²) in [6, 6.07) is 0.0950. The molecule has 0 saturated carbocycles. The SMILES string of the molecule is CC1SCC(N)CC1O[PH](=O)O. The van der Waals surface area contributed by atoms with Crippen LogP contribution in [0.15, 0.2) is 0 Å². The lowest BCUT2D eigenvalue weighted by molar-refractivity contribution is 0.170. The number of rotatable bonds is 2. The summed E-state index contributed by atoms with van der Waals surface area (Å²) in [5.41, 5.74) is 5.69. The number of hydrogen-bond donors (Lipinski definition) is 2. The van der Waals surface area contributed by atoms with Gasteiger partial charge in [0.2, 0.25) is 0 Å². The quantitative estimate of drug-likeness (QED) is 0.654. The maximum absolute atomic E-state index is 10.4. The number of nitrogens with two attached hydrogens (primary N) is 1. The summed E-state index contributed by atoms with van der Waals surface area (Å²) in [5, 5.41) is 0.269. The summed E-state index contributed by atoms with van der Waals surface area (Å²) >= 11 is 1.69. The summed E-state index contributed by atoms with van der Waals surface area (Å²) in [7, 11) is -2.81. The molecule has 0 amide bonds. The van der Waals surface area contributed by atoms with E-state index in [4.69, 9.17) is 15.2 Å². The monoisotopic (exact) mass is 211 g/mol. The van der Waals surface area contributed by atoms with Gasteiger partial charge in [-0.05, 0) is 6.42 Å². The molecule has 6 heteroatoms. The van der Waals surface area contributed by atoms with Gasteiger partial charge in [-0.2, -0.15) is 11.8 Å². The molecule has 0 aromatic heterocycles. The van der Waals surface area contributed by atoms with E-state index in [0.29, 0.717) is 6.42 Å². The molecule has 72 valence electrons. The van der Waals surface area contributed by atoms with Gasteiger partial charge in [0.05, 0.1) is 6.10 Å². The number of hydrogen-bond acceptors (Lipinski definition) is 4. The van der Waals surface area contributed by atoms with Gasteiger partial charge in [-0.15, -0.1) is 0 Å². The minimum Gasteiger partial charge on any atom is -0.327 e. The summed E-state index contributed by atoms with van der Waals surface area (Å²) in [6.45, 7) is 1.99. The third-order valence-electron chi connectivity index (χ3n) is 1.88. The van der Waals surface area contributed by atoms with Crippen LogP contribution in [0.2, 0.25) is 0 Å².